The maximum Gasteiger partial charge on any atom is 0.0624 e. The third-order valence-electron chi connectivity index (χ3n) is 3.30. The zero-order valence-electron chi connectivity index (χ0n) is 11.8. The van der Waals surface area contributed by atoms with Crippen LogP contribution in [0.25, 0.3) is 0 Å². The smallest absolute Gasteiger partial charge is 0.0624 e. The van der Waals surface area contributed by atoms with Crippen molar-refractivity contribution in [3.05, 3.63) is 64.4 Å². The van der Waals surface area contributed by atoms with E-state index >= 15 is 0 Å². The first-order valence-corrected chi connectivity index (χ1v) is 7.38. The van der Waals surface area contributed by atoms with Gasteiger partial charge in [-0.2, -0.15) is 0 Å². The van der Waals surface area contributed by atoms with E-state index in [9.17, 15) is 0 Å². The Bertz CT molecular complexity index is 513. The highest BCUT2D eigenvalue weighted by molar-refractivity contribution is 9.10. The zero-order valence-corrected chi connectivity index (χ0v) is 13.4. The summed E-state index contributed by atoms with van der Waals surface area (Å²) >= 11 is 3.46. The first-order valence-electron chi connectivity index (χ1n) is 6.59. The molecule has 0 radical (unpaired) electrons. The fourth-order valence-electron chi connectivity index (χ4n) is 2.38. The summed E-state index contributed by atoms with van der Waals surface area (Å²) in [5.74, 6) is 0. The summed E-state index contributed by atoms with van der Waals surface area (Å²) < 4.78 is 1.09. The van der Waals surface area contributed by atoms with Crippen molar-refractivity contribution in [3.8, 4) is 0 Å². The Morgan fingerprint density at radius 2 is 1.85 bits per heavy atom. The number of aromatic nitrogens is 1. The molecule has 0 aliphatic carbocycles. The second-order valence-corrected chi connectivity index (χ2v) is 5.84. The minimum Gasteiger partial charge on any atom is -0.344 e. The lowest BCUT2D eigenvalue weighted by Gasteiger charge is -2.29. The van der Waals surface area contributed by atoms with Crippen molar-refractivity contribution in [2.45, 2.75) is 31.7 Å². The van der Waals surface area contributed by atoms with E-state index in [0.29, 0.717) is 0 Å². The molecular formula is C16H22BrN3. The molecule has 0 spiro atoms. The molecule has 5 N–H and O–H groups in total. The molecule has 108 valence electrons. The highest BCUT2D eigenvalue weighted by Gasteiger charge is 2.27. The molecule has 0 amide bonds. The van der Waals surface area contributed by atoms with Crippen LogP contribution in [-0.2, 0) is 12.0 Å². The van der Waals surface area contributed by atoms with Crippen LogP contribution < -0.4 is 11.9 Å². The standard InChI is InChI=1S/C16H19BrN2.H3N/c1-2-10-16(18,15-5-3-4-11-19-15)12-13-6-8-14(17)9-7-13;/h3-9,11H,2,10,12,18H2,1H3;1H3. The van der Waals surface area contributed by atoms with Gasteiger partial charge < -0.3 is 11.9 Å². The number of hydrogen-bond acceptors (Lipinski definition) is 3. The molecule has 1 atom stereocenters. The summed E-state index contributed by atoms with van der Waals surface area (Å²) in [6.07, 6.45) is 4.60. The molecule has 2 rings (SSSR count). The third kappa shape index (κ3) is 4.13. The maximum absolute atomic E-state index is 6.63. The topological polar surface area (TPSA) is 73.9 Å². The molecular weight excluding hydrogens is 314 g/mol. The molecule has 1 heterocycles. The highest BCUT2D eigenvalue weighted by atomic mass is 79.9. The third-order valence-corrected chi connectivity index (χ3v) is 3.83. The summed E-state index contributed by atoms with van der Waals surface area (Å²) in [6.45, 7) is 2.16. The number of halogens is 1. The van der Waals surface area contributed by atoms with Crippen LogP contribution in [0.4, 0.5) is 0 Å². The van der Waals surface area contributed by atoms with Gasteiger partial charge in [-0.05, 0) is 42.7 Å². The van der Waals surface area contributed by atoms with Crippen molar-refractivity contribution < 1.29 is 0 Å². The first-order chi connectivity index (χ1) is 9.14. The van der Waals surface area contributed by atoms with Gasteiger partial charge in [0.15, 0.2) is 0 Å². The van der Waals surface area contributed by atoms with E-state index < -0.39 is 0 Å². The average Bonchev–Trinajstić information content (AvgIpc) is 2.43. The summed E-state index contributed by atoms with van der Waals surface area (Å²) in [6, 6.07) is 14.3. The SMILES string of the molecule is CCCC(N)(Cc1ccc(Br)cc1)c1ccccn1.N. The van der Waals surface area contributed by atoms with Crippen molar-refractivity contribution in [2.24, 2.45) is 5.73 Å². The molecule has 0 aliphatic rings. The van der Waals surface area contributed by atoms with E-state index in [4.69, 9.17) is 5.73 Å². The number of hydrogen-bond donors (Lipinski definition) is 2. The van der Waals surface area contributed by atoms with Crippen LogP contribution in [0.5, 0.6) is 0 Å². The van der Waals surface area contributed by atoms with Gasteiger partial charge in [-0.3, -0.25) is 4.98 Å². The summed E-state index contributed by atoms with van der Waals surface area (Å²) in [5, 5.41) is 0. The quantitative estimate of drug-likeness (QED) is 0.859. The number of nitrogens with zero attached hydrogens (tertiary/aromatic N) is 1. The number of benzene rings is 1. The van der Waals surface area contributed by atoms with Gasteiger partial charge in [-0.1, -0.05) is 47.5 Å². The van der Waals surface area contributed by atoms with Crippen LogP contribution in [0, 0.1) is 0 Å². The summed E-state index contributed by atoms with van der Waals surface area (Å²) in [5.41, 5.74) is 8.45. The Hall–Kier alpha value is -1.23. The van der Waals surface area contributed by atoms with Crippen LogP contribution in [0.15, 0.2) is 53.1 Å². The van der Waals surface area contributed by atoms with Gasteiger partial charge in [0.2, 0.25) is 0 Å². The molecule has 0 saturated carbocycles. The molecule has 4 heteroatoms. The number of rotatable bonds is 5. The Balaban J connectivity index is 0.00000200. The van der Waals surface area contributed by atoms with Crippen molar-refractivity contribution in [1.82, 2.24) is 11.1 Å². The Labute approximate surface area is 129 Å². The normalized spacial score (nSPS) is 13.3. The maximum atomic E-state index is 6.63. The molecule has 0 fully saturated rings. The van der Waals surface area contributed by atoms with Gasteiger partial charge in [-0.15, -0.1) is 0 Å². The molecule has 0 saturated heterocycles. The first kappa shape index (κ1) is 16.8. The van der Waals surface area contributed by atoms with Crippen molar-refractivity contribution in [2.75, 3.05) is 0 Å². The van der Waals surface area contributed by atoms with E-state index in [0.717, 1.165) is 29.4 Å². The van der Waals surface area contributed by atoms with Crippen molar-refractivity contribution >= 4 is 15.9 Å². The van der Waals surface area contributed by atoms with Gasteiger partial charge in [0, 0.05) is 10.7 Å². The lowest BCUT2D eigenvalue weighted by Crippen LogP contribution is -2.39. The monoisotopic (exact) mass is 335 g/mol. The fourth-order valence-corrected chi connectivity index (χ4v) is 2.64. The molecule has 1 aromatic heterocycles. The average molecular weight is 336 g/mol. The van der Waals surface area contributed by atoms with E-state index in [-0.39, 0.29) is 11.7 Å². The molecule has 0 aliphatic heterocycles. The van der Waals surface area contributed by atoms with Gasteiger partial charge in [0.05, 0.1) is 11.2 Å². The Morgan fingerprint density at radius 1 is 1.15 bits per heavy atom. The van der Waals surface area contributed by atoms with E-state index in [1.165, 1.54) is 5.56 Å². The molecule has 3 nitrogen and oxygen atoms in total. The van der Waals surface area contributed by atoms with E-state index in [1.807, 2.05) is 24.4 Å². The lowest BCUT2D eigenvalue weighted by atomic mass is 9.84. The predicted molar refractivity (Wildman–Crippen MR) is 87.9 cm³/mol. The largest absolute Gasteiger partial charge is 0.344 e. The van der Waals surface area contributed by atoms with Gasteiger partial charge in [0.25, 0.3) is 0 Å². The Kier molecular flexibility index (Phi) is 6.33. The Morgan fingerprint density at radius 3 is 2.40 bits per heavy atom. The minimum absolute atomic E-state index is 0. The lowest BCUT2D eigenvalue weighted by molar-refractivity contribution is 0.389. The van der Waals surface area contributed by atoms with Gasteiger partial charge in [0.1, 0.15) is 0 Å². The minimum atomic E-state index is -0.385. The molecule has 1 unspecified atom stereocenters. The van der Waals surface area contributed by atoms with Crippen LogP contribution >= 0.6 is 15.9 Å². The van der Waals surface area contributed by atoms with Crippen LogP contribution in [-0.4, -0.2) is 4.98 Å². The van der Waals surface area contributed by atoms with Crippen LogP contribution in [0.3, 0.4) is 0 Å². The van der Waals surface area contributed by atoms with Crippen LogP contribution in [0.1, 0.15) is 31.0 Å². The van der Waals surface area contributed by atoms with Crippen molar-refractivity contribution in [1.29, 1.82) is 0 Å². The fraction of sp³-hybridized carbons (Fsp3) is 0.312. The predicted octanol–water partition coefficient (Wildman–Crippen LogP) is 4.20. The summed E-state index contributed by atoms with van der Waals surface area (Å²) in [7, 11) is 0. The number of nitrogens with two attached hydrogens (primary N) is 1. The van der Waals surface area contributed by atoms with Gasteiger partial charge >= 0.3 is 0 Å². The van der Waals surface area contributed by atoms with E-state index in [1.54, 1.807) is 0 Å². The van der Waals surface area contributed by atoms with Crippen LogP contribution in [0.2, 0.25) is 0 Å². The highest BCUT2D eigenvalue weighted by Crippen LogP contribution is 2.27. The molecule has 0 bridgehead atoms. The van der Waals surface area contributed by atoms with E-state index in [2.05, 4.69) is 52.1 Å². The second kappa shape index (κ2) is 7.53. The summed E-state index contributed by atoms with van der Waals surface area (Å²) in [4.78, 5) is 4.45. The molecule has 2 aromatic rings. The van der Waals surface area contributed by atoms with Crippen molar-refractivity contribution in [3.63, 3.8) is 0 Å². The molecule has 20 heavy (non-hydrogen) atoms. The number of pyridine rings is 1. The van der Waals surface area contributed by atoms with Gasteiger partial charge in [-0.25, -0.2) is 0 Å². The molecule has 1 aromatic carbocycles. The zero-order chi connectivity index (χ0) is 13.7. The second-order valence-electron chi connectivity index (χ2n) is 4.92.